The van der Waals surface area contributed by atoms with E-state index in [9.17, 15) is 14.4 Å². The molecule has 1 saturated heterocycles. The van der Waals surface area contributed by atoms with Crippen LogP contribution in [0.2, 0.25) is 5.02 Å². The topological polar surface area (TPSA) is 87.8 Å². The largest absolute Gasteiger partial charge is 0.478 e. The van der Waals surface area contributed by atoms with Crippen LogP contribution in [0.5, 0.6) is 0 Å². The lowest BCUT2D eigenvalue weighted by atomic mass is 10.1. The molecule has 2 amide bonds. The zero-order chi connectivity index (χ0) is 21.3. The fourth-order valence-corrected chi connectivity index (χ4v) is 3.87. The third-order valence-corrected chi connectivity index (χ3v) is 5.58. The number of imide groups is 1. The predicted octanol–water partition coefficient (Wildman–Crippen LogP) is 5.53. The zero-order valence-electron chi connectivity index (χ0n) is 15.4. The highest BCUT2D eigenvalue weighted by Gasteiger charge is 2.35. The van der Waals surface area contributed by atoms with E-state index in [1.165, 1.54) is 23.1 Å². The maximum absolute atomic E-state index is 12.7. The molecule has 8 heteroatoms. The average molecular weight is 440 g/mol. The number of hydrogen-bond donors (Lipinski definition) is 1. The van der Waals surface area contributed by atoms with Crippen molar-refractivity contribution in [2.24, 2.45) is 0 Å². The summed E-state index contributed by atoms with van der Waals surface area (Å²) in [6.07, 6.45) is 1.51. The van der Waals surface area contributed by atoms with Crippen LogP contribution in [0.15, 0.2) is 70.0 Å². The number of carbonyl (C=O) groups excluding carboxylic acids is 2. The number of rotatable bonds is 5. The number of carbonyl (C=O) groups is 3. The molecule has 3 aromatic rings. The second-order valence-electron chi connectivity index (χ2n) is 6.48. The quantitative estimate of drug-likeness (QED) is 0.525. The summed E-state index contributed by atoms with van der Waals surface area (Å²) in [5.74, 6) is -0.573. The van der Waals surface area contributed by atoms with Crippen LogP contribution in [0.25, 0.3) is 17.4 Å². The molecule has 0 bridgehead atoms. The molecule has 1 aromatic heterocycles. The highest BCUT2D eigenvalue weighted by molar-refractivity contribution is 8.18. The van der Waals surface area contributed by atoms with E-state index in [0.29, 0.717) is 22.1 Å². The van der Waals surface area contributed by atoms with Gasteiger partial charge in [-0.15, -0.1) is 0 Å². The van der Waals surface area contributed by atoms with Gasteiger partial charge in [-0.25, -0.2) is 4.79 Å². The van der Waals surface area contributed by atoms with Gasteiger partial charge in [0.05, 0.1) is 17.0 Å². The number of benzene rings is 2. The summed E-state index contributed by atoms with van der Waals surface area (Å²) in [7, 11) is 0. The van der Waals surface area contributed by atoms with E-state index in [1.54, 1.807) is 48.5 Å². The lowest BCUT2D eigenvalue weighted by molar-refractivity contribution is -0.123. The lowest BCUT2D eigenvalue weighted by Gasteiger charge is -2.12. The minimum absolute atomic E-state index is 0.147. The summed E-state index contributed by atoms with van der Waals surface area (Å²) in [5.41, 5.74) is 1.54. The number of nitrogens with zero attached hydrogens (tertiary/aromatic N) is 1. The number of carboxylic acid groups (broad SMARTS) is 1. The van der Waals surface area contributed by atoms with Crippen LogP contribution in [0, 0.1) is 0 Å². The number of thioether (sulfide) groups is 1. The van der Waals surface area contributed by atoms with Crippen molar-refractivity contribution in [3.05, 3.63) is 87.5 Å². The molecular formula is C22H14ClNO5S. The van der Waals surface area contributed by atoms with E-state index in [-0.39, 0.29) is 22.3 Å². The minimum Gasteiger partial charge on any atom is -0.478 e. The Morgan fingerprint density at radius 3 is 2.60 bits per heavy atom. The molecule has 0 unspecified atom stereocenters. The van der Waals surface area contributed by atoms with Gasteiger partial charge >= 0.3 is 5.97 Å². The first-order valence-electron chi connectivity index (χ1n) is 8.84. The Bertz CT molecular complexity index is 1180. The maximum Gasteiger partial charge on any atom is 0.335 e. The Labute approximate surface area is 180 Å². The number of carboxylic acids is 1. The summed E-state index contributed by atoms with van der Waals surface area (Å²) >= 11 is 6.71. The SMILES string of the molecule is O=C(O)c1cccc(-c2ccc(/C=C3\SC(=O)N(Cc4ccc(Cl)cc4)C3=O)o2)c1. The summed E-state index contributed by atoms with van der Waals surface area (Å²) in [4.78, 5) is 37.5. The number of hydrogen-bond acceptors (Lipinski definition) is 5. The molecule has 150 valence electrons. The minimum atomic E-state index is -1.03. The highest BCUT2D eigenvalue weighted by Crippen LogP contribution is 2.34. The van der Waals surface area contributed by atoms with Gasteiger partial charge in [-0.2, -0.15) is 0 Å². The average Bonchev–Trinajstić information content (AvgIpc) is 3.30. The molecule has 4 rings (SSSR count). The van der Waals surface area contributed by atoms with Gasteiger partial charge in [0.15, 0.2) is 0 Å². The smallest absolute Gasteiger partial charge is 0.335 e. The molecule has 2 heterocycles. The molecular weight excluding hydrogens is 426 g/mol. The fraction of sp³-hybridized carbons (Fsp3) is 0.0455. The van der Waals surface area contributed by atoms with Crippen molar-refractivity contribution in [1.82, 2.24) is 4.90 Å². The molecule has 1 aliphatic heterocycles. The standard InChI is InChI=1S/C22H14ClNO5S/c23-16-6-4-13(5-7-16)12-24-20(25)19(30-22(24)28)11-17-8-9-18(29-17)14-2-1-3-15(10-14)21(26)27/h1-11H,12H2,(H,26,27)/b19-11-. The van der Waals surface area contributed by atoms with Crippen molar-refractivity contribution in [2.45, 2.75) is 6.54 Å². The molecule has 1 aliphatic rings. The van der Waals surface area contributed by atoms with E-state index < -0.39 is 11.9 Å². The highest BCUT2D eigenvalue weighted by atomic mass is 35.5. The van der Waals surface area contributed by atoms with Crippen molar-refractivity contribution in [3.8, 4) is 11.3 Å². The normalized spacial score (nSPS) is 15.2. The van der Waals surface area contributed by atoms with Crippen LogP contribution < -0.4 is 0 Å². The van der Waals surface area contributed by atoms with E-state index in [2.05, 4.69) is 0 Å². The van der Waals surface area contributed by atoms with Crippen LogP contribution in [0.4, 0.5) is 4.79 Å². The van der Waals surface area contributed by atoms with Gasteiger partial charge < -0.3 is 9.52 Å². The summed E-state index contributed by atoms with van der Waals surface area (Å²) < 4.78 is 5.74. The first-order valence-corrected chi connectivity index (χ1v) is 10.0. The monoisotopic (exact) mass is 439 g/mol. The fourth-order valence-electron chi connectivity index (χ4n) is 2.93. The first kappa shape index (κ1) is 20.0. The van der Waals surface area contributed by atoms with Crippen LogP contribution in [-0.4, -0.2) is 27.1 Å². The lowest BCUT2D eigenvalue weighted by Crippen LogP contribution is -2.27. The van der Waals surface area contributed by atoms with Crippen molar-refractivity contribution in [3.63, 3.8) is 0 Å². The van der Waals surface area contributed by atoms with Crippen LogP contribution in [0.1, 0.15) is 21.7 Å². The van der Waals surface area contributed by atoms with Gasteiger partial charge in [-0.1, -0.05) is 35.9 Å². The van der Waals surface area contributed by atoms with Crippen molar-refractivity contribution < 1.29 is 23.9 Å². The van der Waals surface area contributed by atoms with Crippen LogP contribution in [0.3, 0.4) is 0 Å². The molecule has 0 radical (unpaired) electrons. The van der Waals surface area contributed by atoms with Gasteiger partial charge in [0.2, 0.25) is 0 Å². The van der Waals surface area contributed by atoms with Gasteiger partial charge in [0.1, 0.15) is 11.5 Å². The number of aromatic carboxylic acids is 1. The first-order chi connectivity index (χ1) is 14.4. The Kier molecular flexibility index (Phi) is 5.48. The van der Waals surface area contributed by atoms with E-state index in [4.69, 9.17) is 21.1 Å². The molecule has 1 N–H and O–H groups in total. The second-order valence-corrected chi connectivity index (χ2v) is 7.91. The van der Waals surface area contributed by atoms with Gasteiger partial charge in [0, 0.05) is 16.7 Å². The van der Waals surface area contributed by atoms with E-state index >= 15 is 0 Å². The molecule has 0 atom stereocenters. The third-order valence-electron chi connectivity index (χ3n) is 4.42. The molecule has 2 aromatic carbocycles. The molecule has 0 aliphatic carbocycles. The molecule has 6 nitrogen and oxygen atoms in total. The molecule has 0 saturated carbocycles. The summed E-state index contributed by atoms with van der Waals surface area (Å²) in [6.45, 7) is 0.157. The van der Waals surface area contributed by atoms with Gasteiger partial charge in [-0.05, 0) is 53.7 Å². The second kappa shape index (κ2) is 8.22. The predicted molar refractivity (Wildman–Crippen MR) is 114 cm³/mol. The maximum atomic E-state index is 12.7. The Hall–Kier alpha value is -3.29. The molecule has 0 spiro atoms. The summed E-state index contributed by atoms with van der Waals surface area (Å²) in [6, 6.07) is 16.6. The molecule has 30 heavy (non-hydrogen) atoms. The van der Waals surface area contributed by atoms with Gasteiger partial charge in [-0.3, -0.25) is 14.5 Å². The van der Waals surface area contributed by atoms with Crippen LogP contribution in [-0.2, 0) is 11.3 Å². The van der Waals surface area contributed by atoms with Gasteiger partial charge in [0.25, 0.3) is 11.1 Å². The Morgan fingerprint density at radius 2 is 1.87 bits per heavy atom. The van der Waals surface area contributed by atoms with E-state index in [0.717, 1.165) is 17.3 Å². The number of furan rings is 1. The Balaban J connectivity index is 1.53. The van der Waals surface area contributed by atoms with Crippen molar-refractivity contribution in [2.75, 3.05) is 0 Å². The van der Waals surface area contributed by atoms with Crippen molar-refractivity contribution >= 4 is 46.6 Å². The Morgan fingerprint density at radius 1 is 1.10 bits per heavy atom. The van der Waals surface area contributed by atoms with Crippen molar-refractivity contribution in [1.29, 1.82) is 0 Å². The van der Waals surface area contributed by atoms with Crippen LogP contribution >= 0.6 is 23.4 Å². The summed E-state index contributed by atoms with van der Waals surface area (Å²) in [5, 5.41) is 9.35. The zero-order valence-corrected chi connectivity index (χ0v) is 16.9. The molecule has 1 fully saturated rings. The van der Waals surface area contributed by atoms with E-state index in [1.807, 2.05) is 0 Å². The number of halogens is 1. The number of amides is 2. The third kappa shape index (κ3) is 4.17.